The van der Waals surface area contributed by atoms with Crippen LogP contribution in [0.4, 0.5) is 0 Å². The molecule has 1 fully saturated rings. The number of halogens is 1. The normalized spacial score (nSPS) is 25.7. The minimum absolute atomic E-state index is 0.0692. The van der Waals surface area contributed by atoms with Crippen LogP contribution in [0.1, 0.15) is 20.7 Å². The Bertz CT molecular complexity index is 1030. The van der Waals surface area contributed by atoms with E-state index in [1.165, 1.54) is 24.3 Å². The molecule has 9 nitrogen and oxygen atoms in total. The number of hydrogen-bond donors (Lipinski definition) is 1. The molecule has 0 unspecified atom stereocenters. The SMILES string of the molecule is CS(=O)(=O)O[C@@H]1[C@@H](OC(=O)c2ccccc2)[C@@H](O)O[C@H](CBr)[C@H]1OC(=O)c1ccccc1. The molecule has 0 amide bonds. The lowest BCUT2D eigenvalue weighted by molar-refractivity contribution is -0.269. The smallest absolute Gasteiger partial charge is 0.338 e. The Balaban J connectivity index is 1.92. The fourth-order valence-corrected chi connectivity index (χ4v) is 4.27. The van der Waals surface area contributed by atoms with E-state index in [9.17, 15) is 23.1 Å². The van der Waals surface area contributed by atoms with Gasteiger partial charge in [-0.15, -0.1) is 0 Å². The Hall–Kier alpha value is -2.31. The number of aliphatic hydroxyl groups excluding tert-OH is 1. The highest BCUT2D eigenvalue weighted by Gasteiger charge is 2.51. The molecule has 0 aliphatic carbocycles. The van der Waals surface area contributed by atoms with Crippen molar-refractivity contribution in [2.45, 2.75) is 30.7 Å². The van der Waals surface area contributed by atoms with Crippen LogP contribution < -0.4 is 0 Å². The zero-order valence-electron chi connectivity index (χ0n) is 16.9. The van der Waals surface area contributed by atoms with Crippen LogP contribution in [-0.2, 0) is 28.5 Å². The van der Waals surface area contributed by atoms with Crippen LogP contribution >= 0.6 is 15.9 Å². The summed E-state index contributed by atoms with van der Waals surface area (Å²) in [6.07, 6.45) is -6.41. The van der Waals surface area contributed by atoms with Crippen LogP contribution in [0, 0.1) is 0 Å². The summed E-state index contributed by atoms with van der Waals surface area (Å²) >= 11 is 3.20. The average molecular weight is 529 g/mol. The fraction of sp³-hybridized carbons (Fsp3) is 0.333. The second-order valence-electron chi connectivity index (χ2n) is 6.96. The molecule has 0 saturated carbocycles. The van der Waals surface area contributed by atoms with Gasteiger partial charge in [-0.1, -0.05) is 52.3 Å². The molecule has 1 N–H and O–H groups in total. The zero-order chi connectivity index (χ0) is 23.3. The topological polar surface area (TPSA) is 125 Å². The first-order chi connectivity index (χ1) is 15.2. The minimum atomic E-state index is -4.11. The molecule has 0 aromatic heterocycles. The van der Waals surface area contributed by atoms with E-state index in [1.807, 2.05) is 0 Å². The Kier molecular flexibility index (Phi) is 8.01. The first kappa shape index (κ1) is 24.3. The van der Waals surface area contributed by atoms with Crippen molar-refractivity contribution in [3.05, 3.63) is 71.8 Å². The maximum atomic E-state index is 12.6. The summed E-state index contributed by atoms with van der Waals surface area (Å²) in [5, 5.41) is 10.5. The lowest BCUT2D eigenvalue weighted by Crippen LogP contribution is -2.61. The van der Waals surface area contributed by atoms with Gasteiger partial charge in [0.25, 0.3) is 10.1 Å². The summed E-state index contributed by atoms with van der Waals surface area (Å²) in [6.45, 7) is 0. The Morgan fingerprint density at radius 2 is 1.38 bits per heavy atom. The third-order valence-electron chi connectivity index (χ3n) is 4.55. The van der Waals surface area contributed by atoms with Crippen molar-refractivity contribution in [3.63, 3.8) is 0 Å². The van der Waals surface area contributed by atoms with E-state index in [2.05, 4.69) is 15.9 Å². The molecule has 0 spiro atoms. The molecule has 1 aliphatic rings. The van der Waals surface area contributed by atoms with Crippen LogP contribution in [0.5, 0.6) is 0 Å². The zero-order valence-corrected chi connectivity index (χ0v) is 19.3. The standard InChI is InChI=1S/C21H21BrO9S/c1-32(26,27)31-17-16(29-19(23)13-8-4-2-5-9-13)15(12-22)28-21(25)18(17)30-20(24)14-10-6-3-7-11-14/h2-11,15-18,21,25H,12H2,1H3/t15-,16-,17+,18-,21+/m1/s1. The van der Waals surface area contributed by atoms with Crippen LogP contribution in [0.15, 0.2) is 60.7 Å². The van der Waals surface area contributed by atoms with Crippen molar-refractivity contribution < 1.29 is 41.5 Å². The van der Waals surface area contributed by atoms with Crippen molar-refractivity contribution in [1.82, 2.24) is 0 Å². The number of carbonyl (C=O) groups excluding carboxylic acids is 2. The van der Waals surface area contributed by atoms with Gasteiger partial charge in [0.1, 0.15) is 6.10 Å². The lowest BCUT2D eigenvalue weighted by atomic mass is 9.99. The molecule has 5 atom stereocenters. The highest BCUT2D eigenvalue weighted by molar-refractivity contribution is 9.09. The summed E-state index contributed by atoms with van der Waals surface area (Å²) in [5.74, 6) is -1.61. The van der Waals surface area contributed by atoms with Gasteiger partial charge in [0.05, 0.1) is 17.4 Å². The Labute approximate surface area is 193 Å². The van der Waals surface area contributed by atoms with E-state index in [-0.39, 0.29) is 16.5 Å². The van der Waals surface area contributed by atoms with Crippen molar-refractivity contribution in [3.8, 4) is 0 Å². The average Bonchev–Trinajstić information content (AvgIpc) is 2.77. The monoisotopic (exact) mass is 528 g/mol. The van der Waals surface area contributed by atoms with Crippen LogP contribution in [0.3, 0.4) is 0 Å². The molecule has 2 aromatic rings. The van der Waals surface area contributed by atoms with Gasteiger partial charge < -0.3 is 19.3 Å². The minimum Gasteiger partial charge on any atom is -0.453 e. The molecule has 2 aromatic carbocycles. The molecule has 11 heteroatoms. The van der Waals surface area contributed by atoms with E-state index >= 15 is 0 Å². The van der Waals surface area contributed by atoms with Gasteiger partial charge in [0, 0.05) is 5.33 Å². The number of rotatable bonds is 7. The predicted molar refractivity (Wildman–Crippen MR) is 116 cm³/mol. The number of esters is 2. The molecule has 1 aliphatic heterocycles. The van der Waals surface area contributed by atoms with Gasteiger partial charge in [-0.05, 0) is 24.3 Å². The molecule has 0 bridgehead atoms. The van der Waals surface area contributed by atoms with Crippen molar-refractivity contribution in [1.29, 1.82) is 0 Å². The summed E-state index contributed by atoms with van der Waals surface area (Å²) in [4.78, 5) is 25.2. The summed E-state index contributed by atoms with van der Waals surface area (Å²) in [7, 11) is -4.11. The summed E-state index contributed by atoms with van der Waals surface area (Å²) in [6, 6.07) is 15.9. The summed E-state index contributed by atoms with van der Waals surface area (Å²) in [5.41, 5.74) is 0.376. The first-order valence-corrected chi connectivity index (χ1v) is 12.4. The van der Waals surface area contributed by atoms with Gasteiger partial charge >= 0.3 is 11.9 Å². The molecule has 1 heterocycles. The van der Waals surface area contributed by atoms with Crippen LogP contribution in [0.25, 0.3) is 0 Å². The first-order valence-electron chi connectivity index (χ1n) is 9.49. The molecule has 1 saturated heterocycles. The number of hydrogen-bond acceptors (Lipinski definition) is 9. The molecular weight excluding hydrogens is 508 g/mol. The number of aliphatic hydroxyl groups is 1. The van der Waals surface area contributed by atoms with Crippen molar-refractivity contribution in [2.75, 3.05) is 11.6 Å². The highest BCUT2D eigenvalue weighted by atomic mass is 79.9. The Morgan fingerprint density at radius 3 is 1.81 bits per heavy atom. The number of alkyl halides is 1. The number of carbonyl (C=O) groups is 2. The molecule has 32 heavy (non-hydrogen) atoms. The second kappa shape index (κ2) is 10.5. The van der Waals surface area contributed by atoms with E-state index in [0.29, 0.717) is 0 Å². The molecule has 3 rings (SSSR count). The van der Waals surface area contributed by atoms with Crippen molar-refractivity contribution >= 4 is 38.0 Å². The third-order valence-corrected chi connectivity index (χ3v) is 5.76. The van der Waals surface area contributed by atoms with Crippen LogP contribution in [0.2, 0.25) is 0 Å². The van der Waals surface area contributed by atoms with Gasteiger partial charge in [-0.3, -0.25) is 4.18 Å². The molecule has 172 valence electrons. The maximum Gasteiger partial charge on any atom is 0.338 e. The van der Waals surface area contributed by atoms with E-state index in [1.54, 1.807) is 36.4 Å². The van der Waals surface area contributed by atoms with Crippen LogP contribution in [-0.4, -0.2) is 67.8 Å². The van der Waals surface area contributed by atoms with Gasteiger partial charge in [0.15, 0.2) is 24.6 Å². The van der Waals surface area contributed by atoms with E-state index < -0.39 is 52.8 Å². The lowest BCUT2D eigenvalue weighted by Gasteiger charge is -2.42. The maximum absolute atomic E-state index is 12.6. The Morgan fingerprint density at radius 1 is 0.906 bits per heavy atom. The van der Waals surface area contributed by atoms with E-state index in [0.717, 1.165) is 6.26 Å². The third kappa shape index (κ3) is 6.14. The number of benzene rings is 2. The van der Waals surface area contributed by atoms with Gasteiger partial charge in [0.2, 0.25) is 0 Å². The summed E-state index contributed by atoms with van der Waals surface area (Å²) < 4.78 is 45.4. The fourth-order valence-electron chi connectivity index (χ4n) is 3.13. The quantitative estimate of drug-likeness (QED) is 0.325. The van der Waals surface area contributed by atoms with Gasteiger partial charge in [-0.25, -0.2) is 9.59 Å². The van der Waals surface area contributed by atoms with Gasteiger partial charge in [-0.2, -0.15) is 8.42 Å². The second-order valence-corrected chi connectivity index (χ2v) is 9.20. The number of ether oxygens (including phenoxy) is 3. The molecule has 0 radical (unpaired) electrons. The largest absolute Gasteiger partial charge is 0.453 e. The van der Waals surface area contributed by atoms with E-state index in [4.69, 9.17) is 18.4 Å². The highest BCUT2D eigenvalue weighted by Crippen LogP contribution is 2.30. The molecular formula is C21H21BrO9S. The predicted octanol–water partition coefficient (Wildman–Crippen LogP) is 1.89. The van der Waals surface area contributed by atoms with Crippen molar-refractivity contribution in [2.24, 2.45) is 0 Å².